The van der Waals surface area contributed by atoms with Crippen LogP contribution >= 0.6 is 0 Å². The van der Waals surface area contributed by atoms with Crippen LogP contribution < -0.4 is 5.32 Å². The molecule has 0 radical (unpaired) electrons. The number of hydrogen-bond donors (Lipinski definition) is 1. The Bertz CT molecular complexity index is 862. The Morgan fingerprint density at radius 3 is 2.17 bits per heavy atom. The molecule has 3 aromatic carbocycles. The largest absolute Gasteiger partial charge is 0.355 e. The summed E-state index contributed by atoms with van der Waals surface area (Å²) in [6.07, 6.45) is 0. The lowest BCUT2D eigenvalue weighted by atomic mass is 10.0. The summed E-state index contributed by atoms with van der Waals surface area (Å²) in [5.74, 6) is -0.0256. The van der Waals surface area contributed by atoms with Gasteiger partial charge in [0, 0.05) is 22.5 Å². The van der Waals surface area contributed by atoms with E-state index in [4.69, 9.17) is 5.26 Å². The molecular weight excluding hydrogens is 284 g/mol. The van der Waals surface area contributed by atoms with Crippen molar-refractivity contribution in [3.63, 3.8) is 0 Å². The third-order valence-corrected chi connectivity index (χ3v) is 3.50. The van der Waals surface area contributed by atoms with Crippen LogP contribution in [0.15, 0.2) is 78.9 Å². The van der Waals surface area contributed by atoms with Crippen molar-refractivity contribution in [2.24, 2.45) is 0 Å². The van der Waals surface area contributed by atoms with Crippen LogP contribution in [-0.2, 0) is 0 Å². The smallest absolute Gasteiger partial charge is 0.195 e. The lowest BCUT2D eigenvalue weighted by molar-refractivity contribution is 0.103. The van der Waals surface area contributed by atoms with Crippen LogP contribution in [0, 0.1) is 11.3 Å². The van der Waals surface area contributed by atoms with E-state index in [0.29, 0.717) is 16.7 Å². The van der Waals surface area contributed by atoms with Crippen molar-refractivity contribution < 1.29 is 4.79 Å². The van der Waals surface area contributed by atoms with Gasteiger partial charge in [0.05, 0.1) is 11.6 Å². The minimum absolute atomic E-state index is 0.0256. The first-order valence-corrected chi connectivity index (χ1v) is 7.24. The highest BCUT2D eigenvalue weighted by molar-refractivity contribution is 6.12. The molecule has 0 saturated heterocycles. The summed E-state index contributed by atoms with van der Waals surface area (Å²) in [5, 5.41) is 12.1. The predicted molar refractivity (Wildman–Crippen MR) is 90.8 cm³/mol. The molecule has 0 atom stereocenters. The van der Waals surface area contributed by atoms with Gasteiger partial charge >= 0.3 is 0 Å². The van der Waals surface area contributed by atoms with E-state index in [2.05, 4.69) is 11.4 Å². The topological polar surface area (TPSA) is 52.9 Å². The van der Waals surface area contributed by atoms with Gasteiger partial charge in [0.25, 0.3) is 0 Å². The van der Waals surface area contributed by atoms with Gasteiger partial charge in [0.15, 0.2) is 5.78 Å². The molecule has 0 fully saturated rings. The Kier molecular flexibility index (Phi) is 4.17. The number of nitrogens with zero attached hydrogens (tertiary/aromatic N) is 1. The number of carbonyl (C=O) groups excluding carboxylic acids is 1. The normalized spacial score (nSPS) is 9.87. The molecule has 0 unspecified atom stereocenters. The number of hydrogen-bond acceptors (Lipinski definition) is 3. The highest BCUT2D eigenvalue weighted by Gasteiger charge is 2.13. The number of nitriles is 1. The molecule has 3 nitrogen and oxygen atoms in total. The van der Waals surface area contributed by atoms with Gasteiger partial charge in [-0.25, -0.2) is 0 Å². The fraction of sp³-hybridized carbons (Fsp3) is 0. The van der Waals surface area contributed by atoms with Crippen LogP contribution in [0.2, 0.25) is 0 Å². The molecule has 0 spiro atoms. The average Bonchev–Trinajstić information content (AvgIpc) is 2.63. The fourth-order valence-corrected chi connectivity index (χ4v) is 2.32. The summed E-state index contributed by atoms with van der Waals surface area (Å²) in [6.45, 7) is 0. The molecule has 3 heteroatoms. The summed E-state index contributed by atoms with van der Waals surface area (Å²) >= 11 is 0. The van der Waals surface area contributed by atoms with E-state index >= 15 is 0 Å². The highest BCUT2D eigenvalue weighted by Crippen LogP contribution is 2.23. The van der Waals surface area contributed by atoms with Gasteiger partial charge < -0.3 is 5.32 Å². The number of anilines is 2. The molecule has 1 N–H and O–H groups in total. The maximum absolute atomic E-state index is 12.7. The zero-order valence-corrected chi connectivity index (χ0v) is 12.4. The van der Waals surface area contributed by atoms with Gasteiger partial charge in [-0.1, -0.05) is 42.5 Å². The number of rotatable bonds is 4. The van der Waals surface area contributed by atoms with Crippen LogP contribution in [0.25, 0.3) is 0 Å². The van der Waals surface area contributed by atoms with Gasteiger partial charge in [-0.2, -0.15) is 5.26 Å². The maximum atomic E-state index is 12.7. The van der Waals surface area contributed by atoms with Crippen molar-refractivity contribution in [3.8, 4) is 6.07 Å². The maximum Gasteiger partial charge on any atom is 0.195 e. The third kappa shape index (κ3) is 3.28. The van der Waals surface area contributed by atoms with Gasteiger partial charge in [-0.3, -0.25) is 4.79 Å². The number of carbonyl (C=O) groups is 1. The van der Waals surface area contributed by atoms with Crippen LogP contribution in [0.5, 0.6) is 0 Å². The van der Waals surface area contributed by atoms with E-state index in [1.54, 1.807) is 30.3 Å². The quantitative estimate of drug-likeness (QED) is 0.720. The first kappa shape index (κ1) is 14.6. The van der Waals surface area contributed by atoms with Crippen molar-refractivity contribution in [2.45, 2.75) is 0 Å². The molecule has 0 saturated carbocycles. The molecule has 3 aromatic rings. The Balaban J connectivity index is 1.91. The van der Waals surface area contributed by atoms with Crippen molar-refractivity contribution in [1.82, 2.24) is 0 Å². The lowest BCUT2D eigenvalue weighted by Crippen LogP contribution is -2.05. The fourth-order valence-electron chi connectivity index (χ4n) is 2.32. The monoisotopic (exact) mass is 298 g/mol. The average molecular weight is 298 g/mol. The molecule has 0 aromatic heterocycles. The standard InChI is InChI=1S/C20H14N2O/c21-14-15-10-12-17(13-11-15)22-19-9-5-4-8-18(19)20(23)16-6-2-1-3-7-16/h1-13,22H. The summed E-state index contributed by atoms with van der Waals surface area (Å²) in [4.78, 5) is 12.7. The van der Waals surface area contributed by atoms with Crippen LogP contribution in [-0.4, -0.2) is 5.78 Å². The zero-order chi connectivity index (χ0) is 16.1. The van der Waals surface area contributed by atoms with Gasteiger partial charge in [-0.05, 0) is 36.4 Å². The molecule has 3 rings (SSSR count). The van der Waals surface area contributed by atoms with Crippen molar-refractivity contribution in [3.05, 3.63) is 95.6 Å². The van der Waals surface area contributed by atoms with Crippen molar-refractivity contribution >= 4 is 17.2 Å². The zero-order valence-electron chi connectivity index (χ0n) is 12.4. The van der Waals surface area contributed by atoms with E-state index in [-0.39, 0.29) is 5.78 Å². The first-order valence-electron chi connectivity index (χ1n) is 7.24. The summed E-state index contributed by atoms with van der Waals surface area (Å²) in [5.41, 5.74) is 3.44. The second-order valence-electron chi connectivity index (χ2n) is 5.05. The predicted octanol–water partition coefficient (Wildman–Crippen LogP) is 4.53. The van der Waals surface area contributed by atoms with E-state index < -0.39 is 0 Å². The minimum Gasteiger partial charge on any atom is -0.355 e. The number of ketones is 1. The molecular formula is C20H14N2O. The number of nitrogens with one attached hydrogen (secondary N) is 1. The van der Waals surface area contributed by atoms with Crippen LogP contribution in [0.3, 0.4) is 0 Å². The summed E-state index contributed by atoms with van der Waals surface area (Å²) in [7, 11) is 0. The van der Waals surface area contributed by atoms with Gasteiger partial charge in [0.1, 0.15) is 0 Å². The van der Waals surface area contributed by atoms with E-state index in [9.17, 15) is 4.79 Å². The SMILES string of the molecule is N#Cc1ccc(Nc2ccccc2C(=O)c2ccccc2)cc1. The molecule has 110 valence electrons. The van der Waals surface area contributed by atoms with Crippen molar-refractivity contribution in [2.75, 3.05) is 5.32 Å². The highest BCUT2D eigenvalue weighted by atomic mass is 16.1. The number of para-hydroxylation sites is 1. The summed E-state index contributed by atoms with van der Waals surface area (Å²) in [6, 6.07) is 25.8. The molecule has 0 aliphatic heterocycles. The summed E-state index contributed by atoms with van der Waals surface area (Å²) < 4.78 is 0. The van der Waals surface area contributed by atoms with Crippen LogP contribution in [0.1, 0.15) is 21.5 Å². The van der Waals surface area contributed by atoms with Gasteiger partial charge in [-0.15, -0.1) is 0 Å². The molecule has 23 heavy (non-hydrogen) atoms. The second kappa shape index (κ2) is 6.59. The second-order valence-corrected chi connectivity index (χ2v) is 5.05. The van der Waals surface area contributed by atoms with Crippen LogP contribution in [0.4, 0.5) is 11.4 Å². The van der Waals surface area contributed by atoms with Gasteiger partial charge in [0.2, 0.25) is 0 Å². The Morgan fingerprint density at radius 2 is 1.48 bits per heavy atom. The Labute approximate surface area is 134 Å². The molecule has 0 amide bonds. The molecule has 0 heterocycles. The van der Waals surface area contributed by atoms with E-state index in [1.165, 1.54) is 0 Å². The van der Waals surface area contributed by atoms with E-state index in [1.807, 2.05) is 48.5 Å². The van der Waals surface area contributed by atoms with Crippen molar-refractivity contribution in [1.29, 1.82) is 5.26 Å². The molecule has 0 aliphatic rings. The molecule has 0 bridgehead atoms. The Morgan fingerprint density at radius 1 is 0.826 bits per heavy atom. The number of benzene rings is 3. The lowest BCUT2D eigenvalue weighted by Gasteiger charge is -2.11. The van der Waals surface area contributed by atoms with E-state index in [0.717, 1.165) is 11.4 Å². The Hall–Kier alpha value is -3.38. The molecule has 0 aliphatic carbocycles. The first-order chi connectivity index (χ1) is 11.3. The minimum atomic E-state index is -0.0256. The third-order valence-electron chi connectivity index (χ3n) is 3.50.